The van der Waals surface area contributed by atoms with Gasteiger partial charge in [-0.1, -0.05) is 33.4 Å². The van der Waals surface area contributed by atoms with Crippen molar-refractivity contribution in [3.05, 3.63) is 64.1 Å². The summed E-state index contributed by atoms with van der Waals surface area (Å²) in [4.78, 5) is 20.3. The van der Waals surface area contributed by atoms with E-state index in [4.69, 9.17) is 0 Å². The molecule has 0 amide bonds. The number of allylic oxidation sites excluding steroid dienone is 3. The predicted molar refractivity (Wildman–Crippen MR) is 119 cm³/mol. The standard InChI is InChI=1S/C22H33N5O2/c1-9-17(13-19-16(2)25(7)21(29)26(19)8)18-11-10-12-27(14-22(3,4)5)20(28)24(6)15-23-18/h9-13,15,20,28H,1,14H2,2-8H3/b12-10+,17-13+,18-11-,23-15?. The van der Waals surface area contributed by atoms with Crippen LogP contribution in [0.3, 0.4) is 0 Å². The van der Waals surface area contributed by atoms with Gasteiger partial charge in [0, 0.05) is 45.2 Å². The van der Waals surface area contributed by atoms with Gasteiger partial charge in [-0.05, 0) is 30.6 Å². The van der Waals surface area contributed by atoms with E-state index < -0.39 is 6.35 Å². The third-order valence-corrected chi connectivity index (χ3v) is 4.85. The van der Waals surface area contributed by atoms with Crippen molar-refractivity contribution in [2.45, 2.75) is 34.0 Å². The normalized spacial score (nSPS) is 21.3. The lowest BCUT2D eigenvalue weighted by Gasteiger charge is -2.35. The van der Waals surface area contributed by atoms with Gasteiger partial charge in [-0.3, -0.25) is 9.13 Å². The highest BCUT2D eigenvalue weighted by Crippen LogP contribution is 2.21. The summed E-state index contributed by atoms with van der Waals surface area (Å²) in [6, 6.07) is 0. The zero-order chi connectivity index (χ0) is 21.9. The molecule has 1 N–H and O–H groups in total. The van der Waals surface area contributed by atoms with Gasteiger partial charge in [-0.25, -0.2) is 9.79 Å². The van der Waals surface area contributed by atoms with Crippen molar-refractivity contribution < 1.29 is 5.11 Å². The van der Waals surface area contributed by atoms with Crippen molar-refractivity contribution in [3.8, 4) is 0 Å². The highest BCUT2D eigenvalue weighted by Gasteiger charge is 2.22. The maximum Gasteiger partial charge on any atom is 0.328 e. The lowest BCUT2D eigenvalue weighted by Crippen LogP contribution is -2.46. The Balaban J connectivity index is 2.49. The quantitative estimate of drug-likeness (QED) is 0.791. The molecule has 0 bridgehead atoms. The summed E-state index contributed by atoms with van der Waals surface area (Å²) in [6.07, 6.45) is 10.0. The van der Waals surface area contributed by atoms with Gasteiger partial charge in [0.25, 0.3) is 0 Å². The number of nitrogens with zero attached hydrogens (tertiary/aromatic N) is 5. The zero-order valence-corrected chi connectivity index (χ0v) is 18.5. The Morgan fingerprint density at radius 1 is 1.28 bits per heavy atom. The third kappa shape index (κ3) is 5.17. The minimum Gasteiger partial charge on any atom is -0.356 e. The molecule has 7 heteroatoms. The molecule has 0 saturated carbocycles. The Morgan fingerprint density at radius 3 is 2.45 bits per heavy atom. The minimum absolute atomic E-state index is 0.0195. The number of rotatable bonds is 4. The largest absolute Gasteiger partial charge is 0.356 e. The number of imidazole rings is 1. The van der Waals surface area contributed by atoms with E-state index in [1.165, 1.54) is 0 Å². The average Bonchev–Trinajstić information content (AvgIpc) is 2.86. The Bertz CT molecular complexity index is 938. The molecule has 1 aromatic heterocycles. The van der Waals surface area contributed by atoms with Gasteiger partial charge in [-0.15, -0.1) is 0 Å². The van der Waals surface area contributed by atoms with E-state index in [1.807, 2.05) is 36.3 Å². The van der Waals surface area contributed by atoms with Crippen LogP contribution in [0.4, 0.5) is 0 Å². The number of aliphatic hydroxyl groups excluding tert-OH is 1. The van der Waals surface area contributed by atoms with Crippen molar-refractivity contribution in [1.29, 1.82) is 0 Å². The summed E-state index contributed by atoms with van der Waals surface area (Å²) in [6.45, 7) is 12.9. The van der Waals surface area contributed by atoms with Crippen LogP contribution in [0, 0.1) is 12.3 Å². The van der Waals surface area contributed by atoms with Gasteiger partial charge in [0.05, 0.1) is 17.7 Å². The smallest absolute Gasteiger partial charge is 0.328 e. The fourth-order valence-corrected chi connectivity index (χ4v) is 3.14. The lowest BCUT2D eigenvalue weighted by atomic mass is 9.96. The molecule has 0 spiro atoms. The fraction of sp³-hybridized carbons (Fsp3) is 0.455. The molecule has 1 aromatic rings. The topological polar surface area (TPSA) is 66.0 Å². The molecule has 1 aliphatic rings. The Labute approximate surface area is 173 Å². The average molecular weight is 400 g/mol. The summed E-state index contributed by atoms with van der Waals surface area (Å²) >= 11 is 0. The van der Waals surface area contributed by atoms with E-state index in [-0.39, 0.29) is 11.1 Å². The first-order chi connectivity index (χ1) is 13.5. The summed E-state index contributed by atoms with van der Waals surface area (Å²) < 4.78 is 3.22. The predicted octanol–water partition coefficient (Wildman–Crippen LogP) is 2.60. The van der Waals surface area contributed by atoms with Crippen molar-refractivity contribution in [3.63, 3.8) is 0 Å². The second kappa shape index (κ2) is 8.69. The van der Waals surface area contributed by atoms with E-state index in [0.29, 0.717) is 12.2 Å². The highest BCUT2D eigenvalue weighted by molar-refractivity contribution is 5.66. The third-order valence-electron chi connectivity index (χ3n) is 4.85. The summed E-state index contributed by atoms with van der Waals surface area (Å²) in [5, 5.41) is 10.7. The molecule has 0 aliphatic carbocycles. The summed E-state index contributed by atoms with van der Waals surface area (Å²) in [5.41, 5.74) is 3.07. The molecule has 1 unspecified atom stereocenters. The highest BCUT2D eigenvalue weighted by atomic mass is 16.3. The maximum atomic E-state index is 12.2. The second-order valence-corrected chi connectivity index (χ2v) is 8.56. The number of hydrogen-bond donors (Lipinski definition) is 1. The molecule has 0 aromatic carbocycles. The molecule has 1 atom stereocenters. The molecule has 2 heterocycles. The van der Waals surface area contributed by atoms with Gasteiger partial charge in [0.15, 0.2) is 0 Å². The number of aromatic nitrogens is 2. The van der Waals surface area contributed by atoms with Gasteiger partial charge in [-0.2, -0.15) is 0 Å². The van der Waals surface area contributed by atoms with Crippen LogP contribution in [0.5, 0.6) is 0 Å². The van der Waals surface area contributed by atoms with Crippen molar-refractivity contribution in [1.82, 2.24) is 18.9 Å². The SMILES string of the molecule is C=CC(=C\c1c(C)n(C)c(=O)n1C)/C1=C/C=C/N(CC(C)(C)C)C(O)N(C)C=N1. The van der Waals surface area contributed by atoms with E-state index in [1.54, 1.807) is 47.6 Å². The summed E-state index contributed by atoms with van der Waals surface area (Å²) in [7, 11) is 5.28. The molecule has 0 saturated heterocycles. The fourth-order valence-electron chi connectivity index (χ4n) is 3.14. The number of aliphatic imine (C=N–C) groups is 1. The molecule has 2 rings (SSSR count). The second-order valence-electron chi connectivity index (χ2n) is 8.56. The first-order valence-electron chi connectivity index (χ1n) is 9.61. The molecular weight excluding hydrogens is 366 g/mol. The molecule has 1 aliphatic heterocycles. The molecule has 158 valence electrons. The molecule has 7 nitrogen and oxygen atoms in total. The van der Waals surface area contributed by atoms with E-state index in [2.05, 4.69) is 32.3 Å². The van der Waals surface area contributed by atoms with Crippen molar-refractivity contribution in [2.24, 2.45) is 24.5 Å². The first-order valence-corrected chi connectivity index (χ1v) is 9.61. The van der Waals surface area contributed by atoms with Gasteiger partial charge < -0.3 is 14.9 Å². The van der Waals surface area contributed by atoms with Crippen LogP contribution in [0.15, 0.2) is 52.1 Å². The van der Waals surface area contributed by atoms with E-state index in [9.17, 15) is 9.90 Å². The van der Waals surface area contributed by atoms with Crippen LogP contribution < -0.4 is 5.69 Å². The first kappa shape index (κ1) is 22.5. The van der Waals surface area contributed by atoms with E-state index in [0.717, 1.165) is 17.0 Å². The van der Waals surface area contributed by atoms with Crippen LogP contribution in [0.25, 0.3) is 6.08 Å². The van der Waals surface area contributed by atoms with Gasteiger partial charge in [0.2, 0.25) is 6.35 Å². The van der Waals surface area contributed by atoms with Crippen LogP contribution in [-0.2, 0) is 14.1 Å². The lowest BCUT2D eigenvalue weighted by molar-refractivity contribution is -0.0543. The Morgan fingerprint density at radius 2 is 1.93 bits per heavy atom. The number of aliphatic hydroxyl groups is 1. The molecular formula is C22H33N5O2. The molecule has 29 heavy (non-hydrogen) atoms. The zero-order valence-electron chi connectivity index (χ0n) is 18.5. The van der Waals surface area contributed by atoms with E-state index >= 15 is 0 Å². The van der Waals surface area contributed by atoms with Crippen LogP contribution in [0.1, 0.15) is 32.2 Å². The number of hydrogen-bond acceptors (Lipinski definition) is 5. The van der Waals surface area contributed by atoms with Crippen molar-refractivity contribution in [2.75, 3.05) is 13.6 Å². The molecule has 0 fully saturated rings. The van der Waals surface area contributed by atoms with Crippen LogP contribution in [0.2, 0.25) is 0 Å². The van der Waals surface area contributed by atoms with Gasteiger partial charge >= 0.3 is 5.69 Å². The monoisotopic (exact) mass is 399 g/mol. The Hall–Kier alpha value is -2.80. The summed E-state index contributed by atoms with van der Waals surface area (Å²) in [5.74, 6) is 0. The maximum absolute atomic E-state index is 12.2. The van der Waals surface area contributed by atoms with Gasteiger partial charge in [0.1, 0.15) is 0 Å². The van der Waals surface area contributed by atoms with Crippen molar-refractivity contribution >= 4 is 12.4 Å². The molecule has 0 radical (unpaired) electrons. The van der Waals surface area contributed by atoms with Crippen LogP contribution in [-0.4, -0.2) is 50.3 Å². The minimum atomic E-state index is -0.824. The Kier molecular flexibility index (Phi) is 6.74. The van der Waals surface area contributed by atoms with Crippen LogP contribution >= 0.6 is 0 Å².